The lowest BCUT2D eigenvalue weighted by Crippen LogP contribution is -2.26. The Labute approximate surface area is 226 Å². The molecule has 2 aromatic heterocycles. The third-order valence-corrected chi connectivity index (χ3v) is 7.58. The van der Waals surface area contributed by atoms with Crippen LogP contribution in [-0.4, -0.2) is 29.2 Å². The fourth-order valence-corrected chi connectivity index (χ4v) is 5.28. The zero-order valence-corrected chi connectivity index (χ0v) is 22.4. The number of pyridine rings is 1. The second kappa shape index (κ2) is 10.2. The first kappa shape index (κ1) is 25.8. The van der Waals surface area contributed by atoms with E-state index in [1.165, 1.54) is 6.20 Å². The molecule has 0 aliphatic heterocycles. The Bertz CT molecular complexity index is 1930. The number of anilines is 1. The number of nitrogens with one attached hydrogen (secondary N) is 1. The van der Waals surface area contributed by atoms with E-state index in [1.54, 1.807) is 35.8 Å². The van der Waals surface area contributed by atoms with Gasteiger partial charge in [0.25, 0.3) is 5.56 Å². The topological polar surface area (TPSA) is 98.3 Å². The van der Waals surface area contributed by atoms with Crippen LogP contribution >= 0.6 is 0 Å². The van der Waals surface area contributed by atoms with Gasteiger partial charge in [0.15, 0.2) is 9.84 Å². The van der Waals surface area contributed by atoms with Gasteiger partial charge in [-0.3, -0.25) is 14.3 Å². The molecule has 0 fully saturated rings. The summed E-state index contributed by atoms with van der Waals surface area (Å²) < 4.78 is 26.1. The summed E-state index contributed by atoms with van der Waals surface area (Å²) in [7, 11) is -3.43. The fraction of sp³-hybridized carbons (Fsp3) is 0.133. The molecule has 2 heterocycles. The van der Waals surface area contributed by atoms with E-state index in [0.29, 0.717) is 44.9 Å². The molecule has 0 aliphatic rings. The van der Waals surface area contributed by atoms with Crippen LogP contribution in [0.25, 0.3) is 32.4 Å². The molecule has 0 saturated carbocycles. The van der Waals surface area contributed by atoms with Gasteiger partial charge in [-0.25, -0.2) is 18.2 Å². The molecule has 8 nitrogen and oxygen atoms in total. The van der Waals surface area contributed by atoms with Crippen LogP contribution in [0, 0.1) is 13.5 Å². The van der Waals surface area contributed by atoms with Gasteiger partial charge < -0.3 is 5.32 Å². The van der Waals surface area contributed by atoms with Crippen molar-refractivity contribution < 1.29 is 8.42 Å². The summed E-state index contributed by atoms with van der Waals surface area (Å²) in [6, 6.07) is 23.0. The lowest BCUT2D eigenvalue weighted by Gasteiger charge is -2.22. The summed E-state index contributed by atoms with van der Waals surface area (Å²) in [6.07, 6.45) is 2.64. The Balaban J connectivity index is 1.76. The zero-order chi connectivity index (χ0) is 27.7. The Morgan fingerprint density at radius 3 is 2.46 bits per heavy atom. The highest BCUT2D eigenvalue weighted by Gasteiger charge is 2.20. The number of para-hydroxylation sites is 1. The van der Waals surface area contributed by atoms with Crippen LogP contribution in [0.1, 0.15) is 24.5 Å². The normalized spacial score (nSPS) is 12.2. The van der Waals surface area contributed by atoms with Gasteiger partial charge in [-0.05, 0) is 60.7 Å². The number of hydrogen-bond acceptors (Lipinski definition) is 6. The van der Waals surface area contributed by atoms with Crippen LogP contribution in [-0.2, 0) is 9.84 Å². The van der Waals surface area contributed by atoms with Crippen LogP contribution in [0.5, 0.6) is 0 Å². The molecule has 0 saturated heterocycles. The monoisotopic (exact) mass is 535 g/mol. The second-order valence-electron chi connectivity index (χ2n) is 9.24. The quantitative estimate of drug-likeness (QED) is 0.273. The van der Waals surface area contributed by atoms with E-state index >= 15 is 0 Å². The van der Waals surface area contributed by atoms with Crippen LogP contribution < -0.4 is 10.9 Å². The number of fused-ring (bicyclic) bond motifs is 1. The third-order valence-electron chi connectivity index (χ3n) is 6.47. The number of benzene rings is 3. The zero-order valence-electron chi connectivity index (χ0n) is 21.6. The largest absolute Gasteiger partial charge is 0.371 e. The minimum atomic E-state index is -3.43. The summed E-state index contributed by atoms with van der Waals surface area (Å²) in [5.74, 6) is 0.917. The standard InChI is InChI=1S/C30H25N5O3S/c1-19(33-29-26(31-3)18-32-20(2)34-29)27-17-22-11-9-15-25(21-10-8-14-24(16-21)39(4,37)38)28(22)30(36)35(27)23-12-6-5-7-13-23/h5-19H,1-2,4H3,(H,32,33,34)/t19-/m0/s1. The highest BCUT2D eigenvalue weighted by atomic mass is 32.2. The van der Waals surface area contributed by atoms with E-state index in [0.717, 1.165) is 6.26 Å². The molecule has 9 heteroatoms. The molecule has 0 amide bonds. The molecule has 0 aliphatic carbocycles. The van der Waals surface area contributed by atoms with E-state index in [9.17, 15) is 13.2 Å². The van der Waals surface area contributed by atoms with Gasteiger partial charge in [0.05, 0.1) is 22.9 Å². The molecular weight excluding hydrogens is 510 g/mol. The average Bonchev–Trinajstić information content (AvgIpc) is 2.93. The maximum absolute atomic E-state index is 14.3. The number of aromatic nitrogens is 3. The molecule has 0 radical (unpaired) electrons. The lowest BCUT2D eigenvalue weighted by atomic mass is 9.98. The van der Waals surface area contributed by atoms with Crippen molar-refractivity contribution in [2.45, 2.75) is 24.8 Å². The molecule has 0 unspecified atom stereocenters. The van der Waals surface area contributed by atoms with Crippen molar-refractivity contribution in [3.8, 4) is 16.8 Å². The Hall–Kier alpha value is -4.81. The van der Waals surface area contributed by atoms with E-state index < -0.39 is 15.9 Å². The van der Waals surface area contributed by atoms with Gasteiger partial charge in [0, 0.05) is 23.8 Å². The van der Waals surface area contributed by atoms with Gasteiger partial charge in [0.1, 0.15) is 11.6 Å². The summed E-state index contributed by atoms with van der Waals surface area (Å²) in [6.45, 7) is 11.2. The fourth-order valence-electron chi connectivity index (χ4n) is 4.61. The van der Waals surface area contributed by atoms with Crippen molar-refractivity contribution >= 4 is 32.1 Å². The predicted octanol–water partition coefficient (Wildman–Crippen LogP) is 5.88. The van der Waals surface area contributed by atoms with E-state index in [2.05, 4.69) is 20.1 Å². The van der Waals surface area contributed by atoms with Gasteiger partial charge in [-0.15, -0.1) is 0 Å². The first-order chi connectivity index (χ1) is 18.7. The Kier molecular flexibility index (Phi) is 6.73. The van der Waals surface area contributed by atoms with Crippen molar-refractivity contribution in [2.24, 2.45) is 0 Å². The molecule has 3 aromatic carbocycles. The van der Waals surface area contributed by atoms with Crippen molar-refractivity contribution in [2.75, 3.05) is 11.6 Å². The maximum Gasteiger partial charge on any atom is 0.263 e. The molecule has 39 heavy (non-hydrogen) atoms. The molecule has 5 rings (SSSR count). The van der Waals surface area contributed by atoms with E-state index in [1.807, 2.05) is 61.5 Å². The smallest absolute Gasteiger partial charge is 0.263 e. The molecule has 5 aromatic rings. The molecule has 0 bridgehead atoms. The average molecular weight is 536 g/mol. The van der Waals surface area contributed by atoms with Crippen LogP contribution in [0.15, 0.2) is 94.7 Å². The minimum absolute atomic E-state index is 0.186. The van der Waals surface area contributed by atoms with Crippen molar-refractivity contribution in [3.63, 3.8) is 0 Å². The van der Waals surface area contributed by atoms with Crippen molar-refractivity contribution in [1.29, 1.82) is 0 Å². The van der Waals surface area contributed by atoms with Crippen LogP contribution in [0.4, 0.5) is 11.5 Å². The number of aryl methyl sites for hydroxylation is 1. The van der Waals surface area contributed by atoms with Gasteiger partial charge >= 0.3 is 0 Å². The van der Waals surface area contributed by atoms with Crippen molar-refractivity contribution in [3.05, 3.63) is 118 Å². The summed E-state index contributed by atoms with van der Waals surface area (Å²) in [5, 5.41) is 4.48. The van der Waals surface area contributed by atoms with E-state index in [4.69, 9.17) is 6.57 Å². The first-order valence-electron chi connectivity index (χ1n) is 12.2. The lowest BCUT2D eigenvalue weighted by molar-refractivity contribution is 0.602. The van der Waals surface area contributed by atoms with Gasteiger partial charge in [0.2, 0.25) is 5.69 Å². The Morgan fingerprint density at radius 2 is 1.74 bits per heavy atom. The highest BCUT2D eigenvalue weighted by Crippen LogP contribution is 2.32. The number of rotatable bonds is 6. The van der Waals surface area contributed by atoms with Gasteiger partial charge in [-0.2, -0.15) is 0 Å². The first-order valence-corrected chi connectivity index (χ1v) is 14.1. The second-order valence-corrected chi connectivity index (χ2v) is 11.3. The molecule has 0 spiro atoms. The molecular formula is C30H25N5O3S. The maximum atomic E-state index is 14.3. The van der Waals surface area contributed by atoms with Crippen LogP contribution in [0.2, 0.25) is 0 Å². The summed E-state index contributed by atoms with van der Waals surface area (Å²) in [4.78, 5) is 26.5. The van der Waals surface area contributed by atoms with E-state index in [-0.39, 0.29) is 16.1 Å². The predicted molar refractivity (Wildman–Crippen MR) is 153 cm³/mol. The molecule has 1 N–H and O–H groups in total. The number of nitrogens with zero attached hydrogens (tertiary/aromatic N) is 4. The minimum Gasteiger partial charge on any atom is -0.371 e. The van der Waals surface area contributed by atoms with Crippen molar-refractivity contribution in [1.82, 2.24) is 14.5 Å². The Morgan fingerprint density at radius 1 is 1.00 bits per heavy atom. The summed E-state index contributed by atoms with van der Waals surface area (Å²) in [5.41, 5.74) is 2.67. The molecule has 194 valence electrons. The number of sulfone groups is 1. The third kappa shape index (κ3) is 5.02. The van der Waals surface area contributed by atoms with Gasteiger partial charge in [-0.1, -0.05) is 48.5 Å². The van der Waals surface area contributed by atoms with Crippen LogP contribution in [0.3, 0.4) is 0 Å². The summed E-state index contributed by atoms with van der Waals surface area (Å²) >= 11 is 0. The number of hydrogen-bond donors (Lipinski definition) is 1. The molecule has 1 atom stereocenters. The SMILES string of the molecule is [C-]#[N+]c1cnc(C)nc1N[C@@H](C)c1cc2cccc(-c3cccc(S(C)(=O)=O)c3)c2c(=O)n1-c1ccccc1. The highest BCUT2D eigenvalue weighted by molar-refractivity contribution is 7.90.